The molecular weight excluding hydrogens is 228 g/mol. The fourth-order valence-corrected chi connectivity index (χ4v) is 2.23. The topological polar surface area (TPSA) is 49.4 Å². The van der Waals surface area contributed by atoms with Crippen LogP contribution in [0.5, 0.6) is 0 Å². The highest BCUT2D eigenvalue weighted by atomic mass is 16.2. The highest BCUT2D eigenvalue weighted by molar-refractivity contribution is 6.01. The van der Waals surface area contributed by atoms with E-state index in [1.807, 2.05) is 13.8 Å². The molecule has 1 saturated heterocycles. The first-order valence-corrected chi connectivity index (χ1v) is 6.83. The molecule has 0 aliphatic carbocycles. The third-order valence-corrected chi connectivity index (χ3v) is 4.17. The molecule has 0 spiro atoms. The van der Waals surface area contributed by atoms with Crippen LogP contribution in [0.2, 0.25) is 0 Å². The monoisotopic (exact) mass is 254 g/mol. The van der Waals surface area contributed by atoms with Crippen LogP contribution < -0.4 is 5.32 Å². The molecular formula is C14H26N2O2. The smallest absolute Gasteiger partial charge is 0.248 e. The lowest BCUT2D eigenvalue weighted by Crippen LogP contribution is -2.73. The number of hydrogen-bond donors (Lipinski definition) is 1. The van der Waals surface area contributed by atoms with E-state index in [1.165, 1.54) is 0 Å². The fraction of sp³-hybridized carbons (Fsp3) is 0.857. The predicted octanol–water partition coefficient (Wildman–Crippen LogP) is 1.94. The van der Waals surface area contributed by atoms with Gasteiger partial charge in [-0.25, -0.2) is 0 Å². The average Bonchev–Trinajstić information content (AvgIpc) is 2.31. The molecule has 0 saturated carbocycles. The van der Waals surface area contributed by atoms with Gasteiger partial charge in [-0.2, -0.15) is 0 Å². The maximum atomic E-state index is 12.5. The molecule has 18 heavy (non-hydrogen) atoms. The van der Waals surface area contributed by atoms with Crippen molar-refractivity contribution in [3.8, 4) is 0 Å². The standard InChI is InChI=1S/C14H26N2O2/c1-7-10(3)9-16-12(18)13(4,5)15-11(17)14(16,6)8-2/h10H,7-9H2,1-6H3,(H,15,17). The van der Waals surface area contributed by atoms with Crippen molar-refractivity contribution in [3.05, 3.63) is 0 Å². The van der Waals surface area contributed by atoms with Crippen molar-refractivity contribution in [2.75, 3.05) is 6.54 Å². The van der Waals surface area contributed by atoms with Gasteiger partial charge in [0.1, 0.15) is 11.1 Å². The molecule has 2 atom stereocenters. The molecule has 0 aromatic carbocycles. The lowest BCUT2D eigenvalue weighted by Gasteiger charge is -2.49. The zero-order valence-electron chi connectivity index (χ0n) is 12.5. The number of nitrogens with one attached hydrogen (secondary N) is 1. The lowest BCUT2D eigenvalue weighted by molar-refractivity contribution is -0.161. The molecule has 1 fully saturated rings. The van der Waals surface area contributed by atoms with Gasteiger partial charge in [-0.05, 0) is 33.1 Å². The van der Waals surface area contributed by atoms with Gasteiger partial charge in [-0.15, -0.1) is 0 Å². The van der Waals surface area contributed by atoms with Crippen molar-refractivity contribution < 1.29 is 9.59 Å². The van der Waals surface area contributed by atoms with Crippen LogP contribution >= 0.6 is 0 Å². The average molecular weight is 254 g/mol. The van der Waals surface area contributed by atoms with Crippen LogP contribution in [0.4, 0.5) is 0 Å². The Kier molecular flexibility index (Phi) is 4.08. The van der Waals surface area contributed by atoms with Crippen molar-refractivity contribution in [2.24, 2.45) is 5.92 Å². The third-order valence-electron chi connectivity index (χ3n) is 4.17. The molecule has 1 aliphatic rings. The summed E-state index contributed by atoms with van der Waals surface area (Å²) in [6.07, 6.45) is 1.64. The van der Waals surface area contributed by atoms with Gasteiger partial charge in [-0.3, -0.25) is 9.59 Å². The first kappa shape index (κ1) is 15.0. The summed E-state index contributed by atoms with van der Waals surface area (Å²) in [5, 5.41) is 2.84. The van der Waals surface area contributed by atoms with E-state index in [4.69, 9.17) is 0 Å². The molecule has 1 aliphatic heterocycles. The number of carbonyl (C=O) groups is 2. The van der Waals surface area contributed by atoms with Gasteiger partial charge in [0.2, 0.25) is 11.8 Å². The summed E-state index contributed by atoms with van der Waals surface area (Å²) in [5.74, 6) is 0.381. The number of amides is 2. The van der Waals surface area contributed by atoms with E-state index in [9.17, 15) is 9.59 Å². The van der Waals surface area contributed by atoms with Crippen molar-refractivity contribution in [2.45, 2.75) is 65.5 Å². The summed E-state index contributed by atoms with van der Waals surface area (Å²) in [6, 6.07) is 0. The van der Waals surface area contributed by atoms with E-state index in [0.29, 0.717) is 18.9 Å². The summed E-state index contributed by atoms with van der Waals surface area (Å²) in [5.41, 5.74) is -1.50. The minimum absolute atomic E-state index is 0.0201. The predicted molar refractivity (Wildman–Crippen MR) is 72.1 cm³/mol. The minimum Gasteiger partial charge on any atom is -0.340 e. The summed E-state index contributed by atoms with van der Waals surface area (Å²) >= 11 is 0. The summed E-state index contributed by atoms with van der Waals surface area (Å²) < 4.78 is 0. The van der Waals surface area contributed by atoms with Crippen LogP contribution in [0.15, 0.2) is 0 Å². The van der Waals surface area contributed by atoms with Gasteiger partial charge >= 0.3 is 0 Å². The fourth-order valence-electron chi connectivity index (χ4n) is 2.23. The van der Waals surface area contributed by atoms with E-state index < -0.39 is 11.1 Å². The van der Waals surface area contributed by atoms with Crippen LogP contribution in [0, 0.1) is 5.92 Å². The summed E-state index contributed by atoms with van der Waals surface area (Å²) in [7, 11) is 0. The first-order chi connectivity index (χ1) is 8.19. The lowest BCUT2D eigenvalue weighted by atomic mass is 9.85. The summed E-state index contributed by atoms with van der Waals surface area (Å²) in [4.78, 5) is 26.6. The molecule has 4 nitrogen and oxygen atoms in total. The van der Waals surface area contributed by atoms with E-state index in [2.05, 4.69) is 19.2 Å². The molecule has 2 unspecified atom stereocenters. The van der Waals surface area contributed by atoms with E-state index in [-0.39, 0.29) is 11.8 Å². The Labute approximate surface area is 110 Å². The van der Waals surface area contributed by atoms with Crippen LogP contribution in [-0.4, -0.2) is 34.3 Å². The van der Waals surface area contributed by atoms with Crippen molar-refractivity contribution >= 4 is 11.8 Å². The largest absolute Gasteiger partial charge is 0.340 e. The Balaban J connectivity index is 3.10. The zero-order chi connectivity index (χ0) is 14.1. The van der Waals surface area contributed by atoms with E-state index in [0.717, 1.165) is 6.42 Å². The number of piperazine rings is 1. The molecule has 104 valence electrons. The SMILES string of the molecule is CCC(C)CN1C(=O)C(C)(C)NC(=O)C1(C)CC. The van der Waals surface area contributed by atoms with Crippen LogP contribution in [0.25, 0.3) is 0 Å². The van der Waals surface area contributed by atoms with Gasteiger partial charge in [0, 0.05) is 6.54 Å². The first-order valence-electron chi connectivity index (χ1n) is 6.83. The van der Waals surface area contributed by atoms with Crippen molar-refractivity contribution in [1.29, 1.82) is 0 Å². The highest BCUT2D eigenvalue weighted by Gasteiger charge is 2.51. The molecule has 0 aromatic rings. The minimum atomic E-state index is -0.792. The second-order valence-electron chi connectivity index (χ2n) is 6.14. The number of rotatable bonds is 4. The molecule has 4 heteroatoms. The second-order valence-corrected chi connectivity index (χ2v) is 6.14. The Bertz CT molecular complexity index is 352. The maximum Gasteiger partial charge on any atom is 0.248 e. The Morgan fingerprint density at radius 2 is 1.78 bits per heavy atom. The molecule has 0 bridgehead atoms. The normalized spacial score (nSPS) is 29.1. The van der Waals surface area contributed by atoms with Gasteiger partial charge in [-0.1, -0.05) is 27.2 Å². The van der Waals surface area contributed by atoms with Gasteiger partial charge in [0.15, 0.2) is 0 Å². The Hall–Kier alpha value is -1.06. The molecule has 0 radical (unpaired) electrons. The second kappa shape index (κ2) is 4.90. The number of carbonyl (C=O) groups excluding carboxylic acids is 2. The summed E-state index contributed by atoms with van der Waals surface area (Å²) in [6.45, 7) is 12.2. The number of hydrogen-bond acceptors (Lipinski definition) is 2. The maximum absolute atomic E-state index is 12.5. The van der Waals surface area contributed by atoms with Crippen molar-refractivity contribution in [3.63, 3.8) is 0 Å². The molecule has 0 aromatic heterocycles. The molecule has 1 rings (SSSR count). The van der Waals surface area contributed by atoms with Crippen LogP contribution in [0.3, 0.4) is 0 Å². The highest BCUT2D eigenvalue weighted by Crippen LogP contribution is 2.30. The van der Waals surface area contributed by atoms with Gasteiger partial charge in [0.05, 0.1) is 0 Å². The molecule has 1 N–H and O–H groups in total. The van der Waals surface area contributed by atoms with E-state index >= 15 is 0 Å². The van der Waals surface area contributed by atoms with Crippen molar-refractivity contribution in [1.82, 2.24) is 10.2 Å². The van der Waals surface area contributed by atoms with E-state index in [1.54, 1.807) is 18.7 Å². The van der Waals surface area contributed by atoms with Gasteiger partial charge in [0.25, 0.3) is 0 Å². The third kappa shape index (κ3) is 2.38. The van der Waals surface area contributed by atoms with Gasteiger partial charge < -0.3 is 10.2 Å². The van der Waals surface area contributed by atoms with Crippen LogP contribution in [0.1, 0.15) is 54.4 Å². The number of nitrogens with zero attached hydrogens (tertiary/aromatic N) is 1. The molecule has 1 heterocycles. The Morgan fingerprint density at radius 1 is 1.22 bits per heavy atom. The van der Waals surface area contributed by atoms with Crippen LogP contribution in [-0.2, 0) is 9.59 Å². The quantitative estimate of drug-likeness (QED) is 0.833. The zero-order valence-corrected chi connectivity index (χ0v) is 12.5. The molecule has 2 amide bonds. The Morgan fingerprint density at radius 3 is 2.22 bits per heavy atom.